The molecule has 0 radical (unpaired) electrons. The highest BCUT2D eigenvalue weighted by Crippen LogP contribution is 2.20. The van der Waals surface area contributed by atoms with Gasteiger partial charge in [-0.3, -0.25) is 0 Å². The number of rotatable bonds is 6. The number of nitrogens with two attached hydrogens (primary N) is 1. The van der Waals surface area contributed by atoms with Gasteiger partial charge in [-0.25, -0.2) is 17.2 Å². The lowest BCUT2D eigenvalue weighted by atomic mass is 10.2. The molecule has 0 amide bonds. The fraction of sp³-hybridized carbons (Fsp3) is 0.364. The first-order chi connectivity index (χ1) is 8.76. The molecule has 3 N–H and O–H groups in total. The molecule has 19 heavy (non-hydrogen) atoms. The predicted molar refractivity (Wildman–Crippen MR) is 75.1 cm³/mol. The van der Waals surface area contributed by atoms with E-state index in [0.717, 1.165) is 12.1 Å². The Morgan fingerprint density at radius 3 is 2.32 bits per heavy atom. The Balaban J connectivity index is 2.83. The van der Waals surface area contributed by atoms with Crippen molar-refractivity contribution in [2.75, 3.05) is 23.4 Å². The zero-order valence-corrected chi connectivity index (χ0v) is 11.9. The molecule has 0 spiro atoms. The number of anilines is 1. The van der Waals surface area contributed by atoms with Crippen molar-refractivity contribution < 1.29 is 17.2 Å². The summed E-state index contributed by atoms with van der Waals surface area (Å²) in [6, 6.07) is 2.00. The van der Waals surface area contributed by atoms with Gasteiger partial charge >= 0.3 is 0 Å². The van der Waals surface area contributed by atoms with Gasteiger partial charge in [0.1, 0.15) is 22.3 Å². The van der Waals surface area contributed by atoms with Crippen molar-refractivity contribution in [2.45, 2.75) is 6.92 Å². The summed E-state index contributed by atoms with van der Waals surface area (Å²) in [6.45, 7) is 1.43. The molecule has 8 heteroatoms. The molecule has 0 aliphatic carbocycles. The number of halogens is 2. The van der Waals surface area contributed by atoms with Gasteiger partial charge in [-0.05, 0) is 12.1 Å². The van der Waals surface area contributed by atoms with E-state index in [9.17, 15) is 17.2 Å². The normalized spacial score (nSPS) is 11.3. The highest BCUT2D eigenvalue weighted by Gasteiger charge is 2.13. The molecule has 0 aromatic heterocycles. The maximum atomic E-state index is 13.6. The van der Waals surface area contributed by atoms with E-state index in [1.54, 1.807) is 0 Å². The highest BCUT2D eigenvalue weighted by molar-refractivity contribution is 7.91. The third kappa shape index (κ3) is 4.39. The smallest absolute Gasteiger partial charge is 0.151 e. The van der Waals surface area contributed by atoms with Crippen LogP contribution in [0.25, 0.3) is 0 Å². The van der Waals surface area contributed by atoms with Crippen molar-refractivity contribution in [3.8, 4) is 0 Å². The van der Waals surface area contributed by atoms with Gasteiger partial charge in [-0.2, -0.15) is 0 Å². The van der Waals surface area contributed by atoms with Crippen LogP contribution in [-0.2, 0) is 9.84 Å². The molecule has 0 saturated carbocycles. The maximum absolute atomic E-state index is 13.6. The van der Waals surface area contributed by atoms with E-state index < -0.39 is 21.5 Å². The van der Waals surface area contributed by atoms with Gasteiger partial charge in [0.05, 0.1) is 5.75 Å². The monoisotopic (exact) mass is 308 g/mol. The van der Waals surface area contributed by atoms with Crippen LogP contribution in [0.1, 0.15) is 12.5 Å². The Labute approximate surface area is 115 Å². The first-order valence-corrected chi connectivity index (χ1v) is 7.73. The summed E-state index contributed by atoms with van der Waals surface area (Å²) < 4.78 is 49.7. The van der Waals surface area contributed by atoms with E-state index in [4.69, 9.17) is 5.73 Å². The summed E-state index contributed by atoms with van der Waals surface area (Å²) >= 11 is 4.62. The molecule has 4 nitrogen and oxygen atoms in total. The molecular weight excluding hydrogens is 294 g/mol. The van der Waals surface area contributed by atoms with Crippen LogP contribution in [0.4, 0.5) is 14.5 Å². The van der Waals surface area contributed by atoms with Crippen molar-refractivity contribution in [1.29, 1.82) is 0 Å². The molecule has 0 fully saturated rings. The van der Waals surface area contributed by atoms with E-state index in [-0.39, 0.29) is 34.3 Å². The van der Waals surface area contributed by atoms with Crippen molar-refractivity contribution in [1.82, 2.24) is 0 Å². The Morgan fingerprint density at radius 2 is 1.89 bits per heavy atom. The van der Waals surface area contributed by atoms with Crippen LogP contribution in [0.2, 0.25) is 0 Å². The summed E-state index contributed by atoms with van der Waals surface area (Å²) in [5, 5.41) is 2.42. The SMILES string of the molecule is CCS(=O)(=O)CCNc1c(F)cc(C(N)=S)cc1F. The minimum atomic E-state index is -3.19. The topological polar surface area (TPSA) is 72.2 Å². The second-order valence-corrected chi connectivity index (χ2v) is 6.75. The van der Waals surface area contributed by atoms with Crippen LogP contribution in [0.5, 0.6) is 0 Å². The summed E-state index contributed by atoms with van der Waals surface area (Å²) in [6.07, 6.45) is 0. The summed E-state index contributed by atoms with van der Waals surface area (Å²) in [5.74, 6) is -1.94. The lowest BCUT2D eigenvalue weighted by molar-refractivity contribution is 0.585. The minimum absolute atomic E-state index is 0.0139. The number of benzene rings is 1. The molecule has 0 bridgehead atoms. The molecule has 0 atom stereocenters. The van der Waals surface area contributed by atoms with Crippen LogP contribution >= 0.6 is 12.2 Å². The van der Waals surface area contributed by atoms with Gasteiger partial charge < -0.3 is 11.1 Å². The molecule has 0 saturated heterocycles. The Bertz CT molecular complexity index is 565. The van der Waals surface area contributed by atoms with E-state index >= 15 is 0 Å². The average Bonchev–Trinajstić information content (AvgIpc) is 2.32. The fourth-order valence-corrected chi connectivity index (χ4v) is 2.18. The molecule has 0 aliphatic rings. The molecule has 106 valence electrons. The van der Waals surface area contributed by atoms with Gasteiger partial charge in [0.25, 0.3) is 0 Å². The van der Waals surface area contributed by atoms with Crippen molar-refractivity contribution in [3.05, 3.63) is 29.3 Å². The largest absolute Gasteiger partial charge is 0.389 e. The number of nitrogens with one attached hydrogen (secondary N) is 1. The lowest BCUT2D eigenvalue weighted by Gasteiger charge is -2.10. The van der Waals surface area contributed by atoms with Crippen molar-refractivity contribution >= 4 is 32.7 Å². The molecule has 0 aliphatic heterocycles. The second-order valence-electron chi connectivity index (χ2n) is 3.84. The first kappa shape index (κ1) is 15.8. The first-order valence-electron chi connectivity index (χ1n) is 5.50. The lowest BCUT2D eigenvalue weighted by Crippen LogP contribution is -2.18. The van der Waals surface area contributed by atoms with E-state index in [1.165, 1.54) is 6.92 Å². The Kier molecular flexibility index (Phi) is 5.19. The van der Waals surface area contributed by atoms with Gasteiger partial charge in [-0.15, -0.1) is 0 Å². The predicted octanol–water partition coefficient (Wildman–Crippen LogP) is 1.45. The highest BCUT2D eigenvalue weighted by atomic mass is 32.2. The van der Waals surface area contributed by atoms with Crippen LogP contribution in [0.15, 0.2) is 12.1 Å². The van der Waals surface area contributed by atoms with Crippen LogP contribution in [0, 0.1) is 11.6 Å². The van der Waals surface area contributed by atoms with Crippen LogP contribution in [-0.4, -0.2) is 31.5 Å². The Hall–Kier alpha value is -1.28. The summed E-state index contributed by atoms with van der Waals surface area (Å²) in [5.41, 5.74) is 4.97. The molecule has 1 rings (SSSR count). The van der Waals surface area contributed by atoms with E-state index in [1.807, 2.05) is 0 Å². The van der Waals surface area contributed by atoms with Crippen molar-refractivity contribution in [3.63, 3.8) is 0 Å². The van der Waals surface area contributed by atoms with Gasteiger partial charge in [0.15, 0.2) is 9.84 Å². The van der Waals surface area contributed by atoms with Crippen LogP contribution in [0.3, 0.4) is 0 Å². The molecule has 0 unspecified atom stereocenters. The zero-order valence-electron chi connectivity index (χ0n) is 10.2. The third-order valence-corrected chi connectivity index (χ3v) is 4.42. The summed E-state index contributed by atoms with van der Waals surface area (Å²) in [7, 11) is -3.19. The minimum Gasteiger partial charge on any atom is -0.389 e. The van der Waals surface area contributed by atoms with Crippen molar-refractivity contribution in [2.24, 2.45) is 5.73 Å². The molecule has 1 aromatic carbocycles. The number of sulfone groups is 1. The Morgan fingerprint density at radius 1 is 1.37 bits per heavy atom. The molecule has 1 aromatic rings. The number of hydrogen-bond donors (Lipinski definition) is 2. The second kappa shape index (κ2) is 6.25. The average molecular weight is 308 g/mol. The van der Waals surface area contributed by atoms with Crippen LogP contribution < -0.4 is 11.1 Å². The number of thiocarbonyl (C=S) groups is 1. The third-order valence-electron chi connectivity index (χ3n) is 2.48. The van der Waals surface area contributed by atoms with E-state index in [0.29, 0.717) is 0 Å². The van der Waals surface area contributed by atoms with Gasteiger partial charge in [0, 0.05) is 17.9 Å². The maximum Gasteiger partial charge on any atom is 0.151 e. The quantitative estimate of drug-likeness (QED) is 0.778. The molecule has 0 heterocycles. The zero-order chi connectivity index (χ0) is 14.6. The number of hydrogen-bond acceptors (Lipinski definition) is 4. The van der Waals surface area contributed by atoms with Gasteiger partial charge in [-0.1, -0.05) is 19.1 Å². The fourth-order valence-electron chi connectivity index (χ4n) is 1.36. The molecular formula is C11H14F2N2O2S2. The van der Waals surface area contributed by atoms with E-state index in [2.05, 4.69) is 17.5 Å². The van der Waals surface area contributed by atoms with Gasteiger partial charge in [0.2, 0.25) is 0 Å². The standard InChI is InChI=1S/C11H14F2N2O2S2/c1-2-19(16,17)4-3-15-10-8(12)5-7(11(14)18)6-9(10)13/h5-6,15H,2-4H2,1H3,(H2,14,18). The summed E-state index contributed by atoms with van der Waals surface area (Å²) in [4.78, 5) is -0.113.